The second-order valence-electron chi connectivity index (χ2n) is 11.0. The zero-order valence-electron chi connectivity index (χ0n) is 22.1. The smallest absolute Gasteiger partial charge is 0.410 e. The monoisotopic (exact) mass is 491 g/mol. The number of piperidine rings is 1. The maximum absolute atomic E-state index is 12.2. The number of likely N-dealkylation sites (tertiary alicyclic amines) is 1. The van der Waals surface area contributed by atoms with Crippen LogP contribution in [0.15, 0.2) is 48.5 Å². The summed E-state index contributed by atoms with van der Waals surface area (Å²) in [5, 5.41) is 2.88. The zero-order chi connectivity index (χ0) is 25.5. The Labute approximate surface area is 216 Å². The van der Waals surface area contributed by atoms with Gasteiger partial charge >= 0.3 is 6.09 Å². The van der Waals surface area contributed by atoms with E-state index in [0.29, 0.717) is 12.5 Å². The van der Waals surface area contributed by atoms with E-state index in [1.807, 2.05) is 43.9 Å². The molecule has 5 rings (SSSR count). The predicted octanol–water partition coefficient (Wildman–Crippen LogP) is 6.19. The molecule has 1 N–H and O–H groups in total. The molecule has 1 saturated heterocycles. The van der Waals surface area contributed by atoms with E-state index in [1.165, 1.54) is 36.1 Å². The number of hydrogen-bond acceptors (Lipinski definition) is 4. The minimum absolute atomic E-state index is 0.139. The molecular formula is C30H41N3O3. The van der Waals surface area contributed by atoms with Gasteiger partial charge in [0.2, 0.25) is 5.91 Å². The Balaban J connectivity index is 0.000000211. The highest BCUT2D eigenvalue weighted by Crippen LogP contribution is 2.31. The predicted molar refractivity (Wildman–Crippen MR) is 146 cm³/mol. The lowest BCUT2D eigenvalue weighted by Gasteiger charge is -2.40. The quantitative estimate of drug-likeness (QED) is 0.517. The molecule has 36 heavy (non-hydrogen) atoms. The van der Waals surface area contributed by atoms with E-state index in [4.69, 9.17) is 4.74 Å². The molecule has 2 aromatic carbocycles. The first-order valence-electron chi connectivity index (χ1n) is 13.5. The Morgan fingerprint density at radius 1 is 0.861 bits per heavy atom. The fourth-order valence-electron chi connectivity index (χ4n) is 5.30. The highest BCUT2D eigenvalue weighted by molar-refractivity contribution is 5.92. The number of aryl methyl sites for hydroxylation is 2. The van der Waals surface area contributed by atoms with Crippen LogP contribution in [0.5, 0.6) is 0 Å². The van der Waals surface area contributed by atoms with Gasteiger partial charge in [-0.2, -0.15) is 0 Å². The summed E-state index contributed by atoms with van der Waals surface area (Å²) in [5.41, 5.74) is 4.70. The highest BCUT2D eigenvalue weighted by Gasteiger charge is 2.30. The number of hydrogen-bond donors (Lipinski definition) is 1. The van der Waals surface area contributed by atoms with Crippen molar-refractivity contribution < 1.29 is 14.3 Å². The first kappa shape index (κ1) is 26.1. The summed E-state index contributed by atoms with van der Waals surface area (Å²) in [6.45, 7) is 8.48. The van der Waals surface area contributed by atoms with Crippen molar-refractivity contribution in [3.8, 4) is 0 Å². The molecule has 0 atom stereocenters. The van der Waals surface area contributed by atoms with Crippen LogP contribution in [0.25, 0.3) is 0 Å². The molecule has 0 aliphatic carbocycles. The van der Waals surface area contributed by atoms with Gasteiger partial charge in [0.05, 0.1) is 0 Å². The van der Waals surface area contributed by atoms with Crippen LogP contribution in [0.4, 0.5) is 16.2 Å². The first-order valence-corrected chi connectivity index (χ1v) is 13.5. The van der Waals surface area contributed by atoms with Crippen molar-refractivity contribution in [1.82, 2.24) is 4.90 Å². The van der Waals surface area contributed by atoms with E-state index in [0.717, 1.165) is 51.0 Å². The third-order valence-corrected chi connectivity index (χ3v) is 7.09. The molecule has 0 unspecified atom stereocenters. The SMILES string of the molecule is CC(C)(C)OC(=O)N1CCC(N2CCCCc3ccccc32)CC1.O=C1CCCc2ccccc2N1. The van der Waals surface area contributed by atoms with Crippen LogP contribution in [0, 0.1) is 0 Å². The van der Waals surface area contributed by atoms with Gasteiger partial charge < -0.3 is 19.9 Å². The Morgan fingerprint density at radius 2 is 1.53 bits per heavy atom. The number of nitrogens with zero attached hydrogens (tertiary/aromatic N) is 2. The van der Waals surface area contributed by atoms with E-state index >= 15 is 0 Å². The van der Waals surface area contributed by atoms with Gasteiger partial charge in [0.1, 0.15) is 5.60 Å². The molecule has 0 aromatic heterocycles. The minimum atomic E-state index is -0.419. The van der Waals surface area contributed by atoms with Gasteiger partial charge in [-0.15, -0.1) is 0 Å². The fourth-order valence-corrected chi connectivity index (χ4v) is 5.30. The standard InChI is InChI=1S/C20H30N2O2.C10H11NO/c1-20(2,3)24-19(23)21-14-11-17(12-15-21)22-13-7-6-9-16-8-4-5-10-18(16)22;12-10-7-3-5-8-4-1-2-6-9(8)11-10/h4-5,8,10,17H,6-7,9,11-15H2,1-3H3;1-2,4,6H,3,5,7H2,(H,11,12). The summed E-state index contributed by atoms with van der Waals surface area (Å²) in [5.74, 6) is 0.139. The summed E-state index contributed by atoms with van der Waals surface area (Å²) < 4.78 is 5.51. The molecule has 0 saturated carbocycles. The highest BCUT2D eigenvalue weighted by atomic mass is 16.6. The maximum atomic E-state index is 12.2. The number of para-hydroxylation sites is 2. The van der Waals surface area contributed by atoms with E-state index in [1.54, 1.807) is 0 Å². The average Bonchev–Trinajstić information content (AvgIpc) is 3.18. The second-order valence-corrected chi connectivity index (χ2v) is 11.0. The number of anilines is 2. The maximum Gasteiger partial charge on any atom is 0.410 e. The summed E-state index contributed by atoms with van der Waals surface area (Å²) >= 11 is 0. The van der Waals surface area contributed by atoms with E-state index < -0.39 is 5.60 Å². The summed E-state index contributed by atoms with van der Waals surface area (Å²) in [7, 11) is 0. The number of amides is 2. The van der Waals surface area contributed by atoms with Gasteiger partial charge in [-0.3, -0.25) is 4.79 Å². The Bertz CT molecular complexity index is 1040. The Morgan fingerprint density at radius 3 is 2.28 bits per heavy atom. The summed E-state index contributed by atoms with van der Waals surface area (Å²) in [4.78, 5) is 27.8. The second kappa shape index (κ2) is 11.8. The molecule has 0 spiro atoms. The Kier molecular flexibility index (Phi) is 8.55. The fraction of sp³-hybridized carbons (Fsp3) is 0.533. The third kappa shape index (κ3) is 7.02. The third-order valence-electron chi connectivity index (χ3n) is 7.09. The zero-order valence-corrected chi connectivity index (χ0v) is 22.1. The van der Waals surface area contributed by atoms with Crippen LogP contribution in [-0.2, 0) is 22.4 Å². The number of rotatable bonds is 1. The van der Waals surface area contributed by atoms with E-state index in [2.05, 4.69) is 40.5 Å². The van der Waals surface area contributed by atoms with Crippen molar-refractivity contribution >= 4 is 23.4 Å². The van der Waals surface area contributed by atoms with E-state index in [-0.39, 0.29) is 12.0 Å². The van der Waals surface area contributed by atoms with Crippen molar-refractivity contribution in [1.29, 1.82) is 0 Å². The Hall–Kier alpha value is -3.02. The van der Waals surface area contributed by atoms with Crippen LogP contribution in [0.2, 0.25) is 0 Å². The van der Waals surface area contributed by atoms with Gasteiger partial charge in [0, 0.05) is 43.5 Å². The number of ether oxygens (including phenoxy) is 1. The first-order chi connectivity index (χ1) is 17.3. The molecule has 3 aliphatic rings. The minimum Gasteiger partial charge on any atom is -0.444 e. The molecule has 3 heterocycles. The lowest BCUT2D eigenvalue weighted by Crippen LogP contribution is -2.48. The van der Waals surface area contributed by atoms with Crippen LogP contribution in [0.1, 0.15) is 70.4 Å². The number of nitrogens with one attached hydrogen (secondary N) is 1. The molecule has 1 fully saturated rings. The van der Waals surface area contributed by atoms with Gasteiger partial charge in [0.15, 0.2) is 0 Å². The van der Waals surface area contributed by atoms with Gasteiger partial charge in [-0.05, 0) is 89.0 Å². The number of benzene rings is 2. The average molecular weight is 492 g/mol. The molecule has 0 radical (unpaired) electrons. The number of carbonyl (C=O) groups is 2. The van der Waals surface area contributed by atoms with E-state index in [9.17, 15) is 9.59 Å². The molecule has 3 aliphatic heterocycles. The van der Waals surface area contributed by atoms with Crippen LogP contribution < -0.4 is 10.2 Å². The van der Waals surface area contributed by atoms with Crippen LogP contribution in [-0.4, -0.2) is 48.2 Å². The topological polar surface area (TPSA) is 61.9 Å². The molecule has 6 nitrogen and oxygen atoms in total. The molecule has 194 valence electrons. The van der Waals surface area contributed by atoms with Gasteiger partial charge in [-0.25, -0.2) is 4.79 Å². The van der Waals surface area contributed by atoms with Crippen molar-refractivity contribution in [2.45, 2.75) is 83.8 Å². The normalized spacial score (nSPS) is 18.5. The lowest BCUT2D eigenvalue weighted by atomic mass is 10.0. The molecule has 2 amide bonds. The molecule has 2 aromatic rings. The van der Waals surface area contributed by atoms with Crippen molar-refractivity contribution in [3.05, 3.63) is 59.7 Å². The van der Waals surface area contributed by atoms with Crippen molar-refractivity contribution in [2.75, 3.05) is 29.9 Å². The largest absolute Gasteiger partial charge is 0.444 e. The number of fused-ring (bicyclic) bond motifs is 2. The summed E-state index contributed by atoms with van der Waals surface area (Å²) in [6.07, 6.45) is 8.19. The lowest BCUT2D eigenvalue weighted by molar-refractivity contribution is -0.116. The molecule has 0 bridgehead atoms. The van der Waals surface area contributed by atoms with Crippen LogP contribution >= 0.6 is 0 Å². The number of carbonyl (C=O) groups excluding carboxylic acids is 2. The van der Waals surface area contributed by atoms with Crippen molar-refractivity contribution in [2.24, 2.45) is 0 Å². The van der Waals surface area contributed by atoms with Gasteiger partial charge in [0.25, 0.3) is 0 Å². The van der Waals surface area contributed by atoms with Gasteiger partial charge in [-0.1, -0.05) is 36.4 Å². The summed E-state index contributed by atoms with van der Waals surface area (Å²) in [6, 6.07) is 17.3. The molecule has 6 heteroatoms. The van der Waals surface area contributed by atoms with Crippen LogP contribution in [0.3, 0.4) is 0 Å². The van der Waals surface area contributed by atoms with Crippen molar-refractivity contribution in [3.63, 3.8) is 0 Å². The molecular weight excluding hydrogens is 450 g/mol.